The molecule has 0 aromatic carbocycles. The fourth-order valence-electron chi connectivity index (χ4n) is 0.686. The second kappa shape index (κ2) is 7.00. The lowest BCUT2D eigenvalue weighted by atomic mass is 10.2. The number of nitrogens with zero attached hydrogens (tertiary/aromatic N) is 1. The minimum Gasteiger partial charge on any atom is -0.325 e. The van der Waals surface area contributed by atoms with Crippen molar-refractivity contribution in [2.75, 3.05) is 0 Å². The molecule has 0 amide bonds. The molecule has 0 aliphatic heterocycles. The van der Waals surface area contributed by atoms with Crippen molar-refractivity contribution in [1.82, 2.24) is 4.98 Å². The van der Waals surface area contributed by atoms with Crippen molar-refractivity contribution in [3.8, 4) is 0 Å². The molecule has 0 atom stereocenters. The van der Waals surface area contributed by atoms with Crippen molar-refractivity contribution in [2.45, 2.75) is 13.0 Å². The van der Waals surface area contributed by atoms with Gasteiger partial charge in [0.15, 0.2) is 0 Å². The highest BCUT2D eigenvalue weighted by atomic mass is 35.5. The number of aromatic nitrogens is 1. The fraction of sp³-hybridized carbons (Fsp3) is 0.286. The molecule has 2 N–H and O–H groups in total. The molecule has 0 fully saturated rings. The molecule has 2 nitrogen and oxygen atoms in total. The van der Waals surface area contributed by atoms with Crippen LogP contribution in [0.3, 0.4) is 0 Å². The van der Waals surface area contributed by atoms with E-state index in [0.29, 0.717) is 5.69 Å². The monoisotopic (exact) mass is 230 g/mol. The first kappa shape index (κ1) is 15.0. The van der Waals surface area contributed by atoms with Gasteiger partial charge in [-0.3, -0.25) is 4.98 Å². The van der Waals surface area contributed by atoms with Crippen LogP contribution in [0.5, 0.6) is 0 Å². The highest BCUT2D eigenvalue weighted by Gasteiger charge is 2.05. The summed E-state index contributed by atoms with van der Waals surface area (Å²) in [6, 6.07) is 2.83. The molecule has 0 aliphatic carbocycles. The first-order valence-electron chi connectivity index (χ1n) is 3.17. The van der Waals surface area contributed by atoms with E-state index in [-0.39, 0.29) is 36.9 Å². The molecule has 6 heteroatoms. The Bertz CT molecular complexity index is 228. The fourth-order valence-corrected chi connectivity index (χ4v) is 0.686. The van der Waals surface area contributed by atoms with Crippen LogP contribution in [0.25, 0.3) is 0 Å². The Morgan fingerprint density at radius 1 is 1.31 bits per heavy atom. The lowest BCUT2D eigenvalue weighted by Gasteiger charge is -1.98. The number of alkyl halides is 2. The molecular weight excluding hydrogens is 221 g/mol. The summed E-state index contributed by atoms with van der Waals surface area (Å²) in [5.41, 5.74) is 5.78. The third-order valence-corrected chi connectivity index (χ3v) is 1.31. The average molecular weight is 231 g/mol. The minimum atomic E-state index is -2.45. The molecule has 1 aromatic heterocycles. The summed E-state index contributed by atoms with van der Waals surface area (Å²) in [6.07, 6.45) is -1.30. The van der Waals surface area contributed by atoms with Gasteiger partial charge >= 0.3 is 0 Å². The number of rotatable bonds is 2. The van der Waals surface area contributed by atoms with Gasteiger partial charge in [-0.15, -0.1) is 24.8 Å². The molecule has 1 aromatic rings. The lowest BCUT2D eigenvalue weighted by Crippen LogP contribution is -1.99. The SMILES string of the molecule is Cl.Cl.NCc1ccc(C(F)F)cn1. The van der Waals surface area contributed by atoms with Crippen LogP contribution in [-0.4, -0.2) is 4.98 Å². The summed E-state index contributed by atoms with van der Waals surface area (Å²) in [5, 5.41) is 0. The normalized spacial score (nSPS) is 8.92. The van der Waals surface area contributed by atoms with Crippen LogP contribution in [0.2, 0.25) is 0 Å². The van der Waals surface area contributed by atoms with E-state index in [1.807, 2.05) is 0 Å². The summed E-state index contributed by atoms with van der Waals surface area (Å²) in [7, 11) is 0. The Hall–Kier alpha value is -0.450. The molecule has 0 saturated carbocycles. The van der Waals surface area contributed by atoms with E-state index in [1.165, 1.54) is 12.1 Å². The van der Waals surface area contributed by atoms with Crippen molar-refractivity contribution >= 4 is 24.8 Å². The Balaban J connectivity index is 0. The van der Waals surface area contributed by atoms with E-state index in [4.69, 9.17) is 5.73 Å². The topological polar surface area (TPSA) is 38.9 Å². The van der Waals surface area contributed by atoms with Gasteiger partial charge in [0.25, 0.3) is 6.43 Å². The molecule has 13 heavy (non-hydrogen) atoms. The zero-order valence-corrected chi connectivity index (χ0v) is 8.25. The molecule has 0 aliphatic rings. The van der Waals surface area contributed by atoms with E-state index in [2.05, 4.69) is 4.98 Å². The van der Waals surface area contributed by atoms with Crippen molar-refractivity contribution in [2.24, 2.45) is 5.73 Å². The average Bonchev–Trinajstić information content (AvgIpc) is 2.05. The van der Waals surface area contributed by atoms with E-state index in [9.17, 15) is 8.78 Å². The Morgan fingerprint density at radius 3 is 2.23 bits per heavy atom. The number of pyridine rings is 1. The maximum atomic E-state index is 11.9. The minimum absolute atomic E-state index is 0. The molecule has 0 unspecified atom stereocenters. The second-order valence-electron chi connectivity index (χ2n) is 2.09. The van der Waals surface area contributed by atoms with Gasteiger partial charge in [0.2, 0.25) is 0 Å². The molecule has 0 spiro atoms. The Labute approximate surface area is 87.4 Å². The van der Waals surface area contributed by atoms with Crippen LogP contribution in [0, 0.1) is 0 Å². The summed E-state index contributed by atoms with van der Waals surface area (Å²) >= 11 is 0. The zero-order valence-electron chi connectivity index (χ0n) is 6.61. The molecular formula is C7H10Cl2F2N2. The maximum absolute atomic E-state index is 11.9. The first-order chi connectivity index (χ1) is 5.24. The van der Waals surface area contributed by atoms with Gasteiger partial charge in [0.05, 0.1) is 5.69 Å². The quantitative estimate of drug-likeness (QED) is 0.848. The van der Waals surface area contributed by atoms with Crippen LogP contribution in [0.15, 0.2) is 18.3 Å². The van der Waals surface area contributed by atoms with Gasteiger partial charge in [0, 0.05) is 18.3 Å². The second-order valence-corrected chi connectivity index (χ2v) is 2.09. The van der Waals surface area contributed by atoms with Gasteiger partial charge in [-0.2, -0.15) is 0 Å². The summed E-state index contributed by atoms with van der Waals surface area (Å²) in [5.74, 6) is 0. The van der Waals surface area contributed by atoms with Crippen molar-refractivity contribution in [3.05, 3.63) is 29.6 Å². The van der Waals surface area contributed by atoms with E-state index >= 15 is 0 Å². The highest BCUT2D eigenvalue weighted by molar-refractivity contribution is 5.85. The van der Waals surface area contributed by atoms with Crippen molar-refractivity contribution in [3.63, 3.8) is 0 Å². The van der Waals surface area contributed by atoms with Crippen LogP contribution in [0.4, 0.5) is 8.78 Å². The third-order valence-electron chi connectivity index (χ3n) is 1.31. The smallest absolute Gasteiger partial charge is 0.265 e. The molecule has 1 rings (SSSR count). The number of nitrogens with two attached hydrogens (primary N) is 1. The molecule has 0 bridgehead atoms. The number of hydrogen-bond acceptors (Lipinski definition) is 2. The van der Waals surface area contributed by atoms with Crippen LogP contribution in [0.1, 0.15) is 17.7 Å². The summed E-state index contributed by atoms with van der Waals surface area (Å²) in [6.45, 7) is 0.281. The molecule has 1 heterocycles. The number of hydrogen-bond donors (Lipinski definition) is 1. The summed E-state index contributed by atoms with van der Waals surface area (Å²) in [4.78, 5) is 3.71. The standard InChI is InChI=1S/C7H8F2N2.2ClH/c8-7(9)5-1-2-6(3-10)11-4-5;;/h1-2,4,7H,3,10H2;2*1H. The van der Waals surface area contributed by atoms with Crippen molar-refractivity contribution < 1.29 is 8.78 Å². The Kier molecular flexibility index (Phi) is 8.10. The predicted molar refractivity (Wildman–Crippen MR) is 51.6 cm³/mol. The van der Waals surface area contributed by atoms with Gasteiger partial charge in [-0.05, 0) is 12.1 Å². The van der Waals surface area contributed by atoms with Gasteiger partial charge in [-0.1, -0.05) is 0 Å². The van der Waals surface area contributed by atoms with E-state index < -0.39 is 6.43 Å². The lowest BCUT2D eigenvalue weighted by molar-refractivity contribution is 0.151. The highest BCUT2D eigenvalue weighted by Crippen LogP contribution is 2.16. The van der Waals surface area contributed by atoms with E-state index in [1.54, 1.807) is 0 Å². The molecule has 0 saturated heterocycles. The van der Waals surface area contributed by atoms with Gasteiger partial charge in [0.1, 0.15) is 0 Å². The van der Waals surface area contributed by atoms with E-state index in [0.717, 1.165) is 6.20 Å². The third kappa shape index (κ3) is 4.36. The van der Waals surface area contributed by atoms with Gasteiger partial charge in [-0.25, -0.2) is 8.78 Å². The number of halogens is 4. The van der Waals surface area contributed by atoms with Crippen LogP contribution < -0.4 is 5.73 Å². The van der Waals surface area contributed by atoms with Crippen molar-refractivity contribution in [1.29, 1.82) is 0 Å². The first-order valence-corrected chi connectivity index (χ1v) is 3.17. The predicted octanol–water partition coefficient (Wildman–Crippen LogP) is 2.32. The zero-order chi connectivity index (χ0) is 8.27. The van der Waals surface area contributed by atoms with Crippen LogP contribution in [-0.2, 0) is 6.54 Å². The molecule has 76 valence electrons. The Morgan fingerprint density at radius 2 is 1.92 bits per heavy atom. The largest absolute Gasteiger partial charge is 0.325 e. The molecule has 0 radical (unpaired) electrons. The summed E-state index contributed by atoms with van der Waals surface area (Å²) < 4.78 is 23.9. The van der Waals surface area contributed by atoms with Gasteiger partial charge < -0.3 is 5.73 Å². The van der Waals surface area contributed by atoms with Crippen LogP contribution >= 0.6 is 24.8 Å². The maximum Gasteiger partial charge on any atom is 0.265 e.